The number of carboxylic acids is 1. The van der Waals surface area contributed by atoms with Gasteiger partial charge in [-0.1, -0.05) is 0 Å². The Morgan fingerprint density at radius 1 is 1.45 bits per heavy atom. The Labute approximate surface area is 115 Å². The average molecular weight is 276 g/mol. The van der Waals surface area contributed by atoms with E-state index >= 15 is 0 Å². The fraction of sp³-hybridized carbons (Fsp3) is 0.308. The highest BCUT2D eigenvalue weighted by atomic mass is 16.4. The van der Waals surface area contributed by atoms with Crippen molar-refractivity contribution in [2.45, 2.75) is 20.0 Å². The molecular weight excluding hydrogens is 260 g/mol. The van der Waals surface area contributed by atoms with Gasteiger partial charge in [-0.25, -0.2) is 4.79 Å². The fourth-order valence-corrected chi connectivity index (χ4v) is 1.86. The van der Waals surface area contributed by atoms with Crippen LogP contribution in [-0.4, -0.2) is 37.9 Å². The van der Waals surface area contributed by atoms with E-state index in [1.54, 1.807) is 23.1 Å². The van der Waals surface area contributed by atoms with Crippen molar-refractivity contribution in [1.29, 1.82) is 0 Å². The van der Waals surface area contributed by atoms with Gasteiger partial charge in [-0.05, 0) is 24.6 Å². The van der Waals surface area contributed by atoms with Crippen LogP contribution in [0, 0.1) is 6.92 Å². The van der Waals surface area contributed by atoms with Gasteiger partial charge < -0.3 is 15.0 Å². The van der Waals surface area contributed by atoms with Gasteiger partial charge in [0.25, 0.3) is 0 Å². The first-order valence-corrected chi connectivity index (χ1v) is 6.20. The number of rotatable bonds is 6. The molecule has 7 heteroatoms. The lowest BCUT2D eigenvalue weighted by atomic mass is 10.4. The van der Waals surface area contributed by atoms with E-state index in [4.69, 9.17) is 5.11 Å². The summed E-state index contributed by atoms with van der Waals surface area (Å²) in [5.41, 5.74) is 1.16. The van der Waals surface area contributed by atoms with Crippen molar-refractivity contribution in [2.24, 2.45) is 0 Å². The number of hydrogen-bond acceptors (Lipinski definition) is 3. The number of aromatic nitrogens is 3. The maximum Gasteiger partial charge on any atom is 0.352 e. The van der Waals surface area contributed by atoms with E-state index in [1.807, 2.05) is 13.1 Å². The summed E-state index contributed by atoms with van der Waals surface area (Å²) in [4.78, 5) is 22.6. The second-order valence-electron chi connectivity index (χ2n) is 4.46. The predicted molar refractivity (Wildman–Crippen MR) is 71.4 cm³/mol. The van der Waals surface area contributed by atoms with Gasteiger partial charge in [0.2, 0.25) is 5.91 Å². The number of carbonyl (C=O) groups excluding carboxylic acids is 1. The van der Waals surface area contributed by atoms with Gasteiger partial charge in [0.15, 0.2) is 0 Å². The standard InChI is InChI=1S/C13H16N4O3/c1-10-7-15-17(8-10)6-4-14-12(18)9-16-5-2-3-11(16)13(19)20/h2-3,5,7-8H,4,6,9H2,1H3,(H,14,18)(H,19,20). The van der Waals surface area contributed by atoms with Crippen LogP contribution < -0.4 is 5.32 Å². The smallest absolute Gasteiger partial charge is 0.352 e. The van der Waals surface area contributed by atoms with Crippen LogP contribution in [0.2, 0.25) is 0 Å². The summed E-state index contributed by atoms with van der Waals surface area (Å²) >= 11 is 0. The molecule has 2 N–H and O–H groups in total. The third kappa shape index (κ3) is 3.47. The molecule has 0 unspecified atom stereocenters. The molecule has 2 aromatic rings. The van der Waals surface area contributed by atoms with Gasteiger partial charge in [0.1, 0.15) is 12.2 Å². The third-order valence-corrected chi connectivity index (χ3v) is 2.79. The molecule has 2 aromatic heterocycles. The van der Waals surface area contributed by atoms with Crippen molar-refractivity contribution in [3.63, 3.8) is 0 Å². The number of aromatic carboxylic acids is 1. The zero-order valence-electron chi connectivity index (χ0n) is 11.1. The number of carbonyl (C=O) groups is 2. The Bertz CT molecular complexity index is 615. The van der Waals surface area contributed by atoms with Gasteiger partial charge in [-0.2, -0.15) is 5.10 Å². The summed E-state index contributed by atoms with van der Waals surface area (Å²) in [5, 5.41) is 15.8. The predicted octanol–water partition coefficient (Wildman–Crippen LogP) is 0.508. The van der Waals surface area contributed by atoms with E-state index in [0.29, 0.717) is 13.1 Å². The number of amides is 1. The van der Waals surface area contributed by atoms with Crippen LogP contribution in [0.25, 0.3) is 0 Å². The lowest BCUT2D eigenvalue weighted by Gasteiger charge is -2.08. The average Bonchev–Trinajstić information content (AvgIpc) is 2.98. The summed E-state index contributed by atoms with van der Waals surface area (Å²) in [6.45, 7) is 2.97. The summed E-state index contributed by atoms with van der Waals surface area (Å²) in [7, 11) is 0. The molecule has 1 amide bonds. The molecule has 7 nitrogen and oxygen atoms in total. The fourth-order valence-electron chi connectivity index (χ4n) is 1.86. The number of hydrogen-bond donors (Lipinski definition) is 2. The second-order valence-corrected chi connectivity index (χ2v) is 4.46. The van der Waals surface area contributed by atoms with Crippen LogP contribution in [0.5, 0.6) is 0 Å². The molecule has 0 aliphatic rings. The lowest BCUT2D eigenvalue weighted by Crippen LogP contribution is -2.31. The number of carboxylic acid groups (broad SMARTS) is 1. The monoisotopic (exact) mass is 276 g/mol. The van der Waals surface area contributed by atoms with Crippen LogP contribution in [0.15, 0.2) is 30.7 Å². The highest BCUT2D eigenvalue weighted by Gasteiger charge is 2.11. The van der Waals surface area contributed by atoms with E-state index in [0.717, 1.165) is 5.56 Å². The number of nitrogens with one attached hydrogen (secondary N) is 1. The lowest BCUT2D eigenvalue weighted by molar-refractivity contribution is -0.121. The van der Waals surface area contributed by atoms with Gasteiger partial charge in [0, 0.05) is 18.9 Å². The minimum absolute atomic E-state index is 0.00717. The van der Waals surface area contributed by atoms with Crippen molar-refractivity contribution < 1.29 is 14.7 Å². The van der Waals surface area contributed by atoms with Crippen molar-refractivity contribution in [1.82, 2.24) is 19.7 Å². The normalized spacial score (nSPS) is 10.4. The van der Waals surface area contributed by atoms with Crippen molar-refractivity contribution in [3.05, 3.63) is 42.0 Å². The first kappa shape index (κ1) is 13.9. The molecule has 2 heterocycles. The van der Waals surface area contributed by atoms with Crippen LogP contribution in [0.1, 0.15) is 16.1 Å². The Morgan fingerprint density at radius 2 is 2.25 bits per heavy atom. The van der Waals surface area contributed by atoms with Crippen LogP contribution in [-0.2, 0) is 17.9 Å². The molecule has 0 aliphatic carbocycles. The summed E-state index contributed by atoms with van der Waals surface area (Å²) < 4.78 is 3.14. The largest absolute Gasteiger partial charge is 0.477 e. The van der Waals surface area contributed by atoms with Crippen LogP contribution in [0.4, 0.5) is 0 Å². The van der Waals surface area contributed by atoms with Crippen LogP contribution in [0.3, 0.4) is 0 Å². The van der Waals surface area contributed by atoms with E-state index < -0.39 is 5.97 Å². The zero-order valence-corrected chi connectivity index (χ0v) is 11.1. The zero-order chi connectivity index (χ0) is 14.5. The molecule has 0 aromatic carbocycles. The van der Waals surface area contributed by atoms with E-state index in [-0.39, 0.29) is 18.1 Å². The Kier molecular flexibility index (Phi) is 4.19. The second kappa shape index (κ2) is 6.05. The highest BCUT2D eigenvalue weighted by Crippen LogP contribution is 2.01. The molecule has 0 fully saturated rings. The quantitative estimate of drug-likeness (QED) is 0.804. The SMILES string of the molecule is Cc1cnn(CCNC(=O)Cn2cccc2C(=O)O)c1. The highest BCUT2D eigenvalue weighted by molar-refractivity contribution is 5.86. The Hall–Kier alpha value is -2.57. The van der Waals surface area contributed by atoms with Crippen molar-refractivity contribution >= 4 is 11.9 Å². The topological polar surface area (TPSA) is 89.2 Å². The van der Waals surface area contributed by atoms with E-state index in [9.17, 15) is 9.59 Å². The molecule has 0 aliphatic heterocycles. The minimum Gasteiger partial charge on any atom is -0.477 e. The van der Waals surface area contributed by atoms with Gasteiger partial charge in [-0.3, -0.25) is 9.48 Å². The number of aryl methyl sites for hydroxylation is 1. The van der Waals surface area contributed by atoms with Crippen molar-refractivity contribution in [2.75, 3.05) is 6.54 Å². The first-order valence-electron chi connectivity index (χ1n) is 6.20. The molecule has 2 rings (SSSR count). The molecule has 0 radical (unpaired) electrons. The van der Waals surface area contributed by atoms with Gasteiger partial charge in [0.05, 0.1) is 12.7 Å². The number of nitrogens with zero attached hydrogens (tertiary/aromatic N) is 3. The molecule has 0 spiro atoms. The first-order chi connectivity index (χ1) is 9.56. The molecule has 106 valence electrons. The molecular formula is C13H16N4O3. The maximum absolute atomic E-state index is 11.7. The molecule has 0 saturated heterocycles. The third-order valence-electron chi connectivity index (χ3n) is 2.79. The van der Waals surface area contributed by atoms with Gasteiger partial charge in [-0.15, -0.1) is 0 Å². The molecule has 0 saturated carbocycles. The Morgan fingerprint density at radius 3 is 2.90 bits per heavy atom. The van der Waals surface area contributed by atoms with Gasteiger partial charge >= 0.3 is 5.97 Å². The van der Waals surface area contributed by atoms with Crippen LogP contribution >= 0.6 is 0 Å². The molecule has 0 atom stereocenters. The minimum atomic E-state index is -1.05. The van der Waals surface area contributed by atoms with E-state index in [1.165, 1.54) is 10.6 Å². The summed E-state index contributed by atoms with van der Waals surface area (Å²) in [6, 6.07) is 3.06. The van der Waals surface area contributed by atoms with E-state index in [2.05, 4.69) is 10.4 Å². The van der Waals surface area contributed by atoms with Crippen molar-refractivity contribution in [3.8, 4) is 0 Å². The molecule has 20 heavy (non-hydrogen) atoms. The summed E-state index contributed by atoms with van der Waals surface area (Å²) in [5.74, 6) is -1.28. The maximum atomic E-state index is 11.7. The summed E-state index contributed by atoms with van der Waals surface area (Å²) in [6.07, 6.45) is 5.21. The molecule has 0 bridgehead atoms. The Balaban J connectivity index is 1.80.